The first-order chi connectivity index (χ1) is 19.2. The fourth-order valence-corrected chi connectivity index (χ4v) is 5.76. The monoisotopic (exact) mass is 637 g/mol. The maximum Gasteiger partial charge on any atom is 0.323 e. The summed E-state index contributed by atoms with van der Waals surface area (Å²) in [7, 11) is 1.49. The Morgan fingerprint density at radius 3 is 2.65 bits per heavy atom. The molecule has 2 heterocycles. The molecular formula is C28H20BrN3O6S2. The Morgan fingerprint density at radius 2 is 1.90 bits per heavy atom. The summed E-state index contributed by atoms with van der Waals surface area (Å²) < 4.78 is 14.1. The van der Waals surface area contributed by atoms with Gasteiger partial charge in [-0.25, -0.2) is 4.98 Å². The van der Waals surface area contributed by atoms with Gasteiger partial charge in [0.15, 0.2) is 17.3 Å². The summed E-state index contributed by atoms with van der Waals surface area (Å²) >= 11 is 9.66. The van der Waals surface area contributed by atoms with Crippen molar-refractivity contribution in [2.24, 2.45) is 0 Å². The Bertz CT molecular complexity index is 1770. The molecule has 0 bridgehead atoms. The number of thioether (sulfide) groups is 1. The highest BCUT2D eigenvalue weighted by molar-refractivity contribution is 9.10. The average molecular weight is 639 g/mol. The molecule has 1 saturated heterocycles. The van der Waals surface area contributed by atoms with Gasteiger partial charge in [0.1, 0.15) is 17.5 Å². The summed E-state index contributed by atoms with van der Waals surface area (Å²) in [4.78, 5) is 43.2. The number of methoxy groups -OCH3 is 1. The zero-order valence-electron chi connectivity index (χ0n) is 20.9. The number of aliphatic carboxylic acids is 1. The zero-order chi connectivity index (χ0) is 28.4. The van der Waals surface area contributed by atoms with E-state index in [0.29, 0.717) is 44.4 Å². The molecule has 1 aliphatic rings. The van der Waals surface area contributed by atoms with Gasteiger partial charge < -0.3 is 14.6 Å². The largest absolute Gasteiger partial charge is 0.493 e. The fraction of sp³-hybridized carbons (Fsp3) is 0.107. The molecular weight excluding hydrogens is 618 g/mol. The molecule has 1 amide bonds. The highest BCUT2D eigenvalue weighted by Crippen LogP contribution is 2.35. The van der Waals surface area contributed by atoms with E-state index in [1.54, 1.807) is 42.5 Å². The number of benzene rings is 3. The molecule has 0 saturated carbocycles. The summed E-state index contributed by atoms with van der Waals surface area (Å²) in [5.74, 6) is -0.417. The first-order valence-electron chi connectivity index (χ1n) is 11.8. The molecule has 202 valence electrons. The Kier molecular flexibility index (Phi) is 8.01. The first-order valence-corrected chi connectivity index (χ1v) is 13.8. The third-order valence-corrected chi connectivity index (χ3v) is 7.79. The Hall–Kier alpha value is -4.00. The number of carboxylic acid groups (broad SMARTS) is 1. The fourth-order valence-electron chi connectivity index (χ4n) is 4.12. The second kappa shape index (κ2) is 11.6. The van der Waals surface area contributed by atoms with Crippen LogP contribution in [0.4, 0.5) is 0 Å². The van der Waals surface area contributed by atoms with Crippen molar-refractivity contribution in [2.45, 2.75) is 6.61 Å². The Morgan fingerprint density at radius 1 is 1.10 bits per heavy atom. The molecule has 9 nitrogen and oxygen atoms in total. The van der Waals surface area contributed by atoms with E-state index in [0.717, 1.165) is 21.1 Å². The van der Waals surface area contributed by atoms with E-state index in [9.17, 15) is 14.4 Å². The number of carbonyl (C=O) groups is 2. The smallest absolute Gasteiger partial charge is 0.323 e. The molecule has 1 aliphatic heterocycles. The summed E-state index contributed by atoms with van der Waals surface area (Å²) in [6.07, 6.45) is 1.61. The maximum absolute atomic E-state index is 13.5. The van der Waals surface area contributed by atoms with Crippen LogP contribution in [0.15, 0.2) is 80.9 Å². The van der Waals surface area contributed by atoms with Crippen LogP contribution in [-0.4, -0.2) is 49.4 Å². The van der Waals surface area contributed by atoms with Gasteiger partial charge in [0.05, 0.1) is 28.6 Å². The summed E-state index contributed by atoms with van der Waals surface area (Å²) in [5, 5.41) is 9.53. The maximum atomic E-state index is 13.5. The van der Waals surface area contributed by atoms with Gasteiger partial charge in [-0.15, -0.1) is 0 Å². The van der Waals surface area contributed by atoms with Crippen LogP contribution < -0.4 is 15.0 Å². The van der Waals surface area contributed by atoms with Crippen molar-refractivity contribution in [3.05, 3.63) is 97.8 Å². The number of ether oxygens (including phenoxy) is 2. The van der Waals surface area contributed by atoms with Gasteiger partial charge in [-0.3, -0.25) is 23.9 Å². The molecule has 0 aliphatic carbocycles. The summed E-state index contributed by atoms with van der Waals surface area (Å²) in [6, 6.07) is 19.6. The lowest BCUT2D eigenvalue weighted by atomic mass is 10.2. The lowest BCUT2D eigenvalue weighted by Gasteiger charge is -2.16. The molecule has 12 heteroatoms. The lowest BCUT2D eigenvalue weighted by molar-refractivity contribution is -0.140. The number of rotatable bonds is 8. The number of carboxylic acids is 1. The number of halogens is 1. The summed E-state index contributed by atoms with van der Waals surface area (Å²) in [6.45, 7) is -0.526. The Balaban J connectivity index is 1.45. The van der Waals surface area contributed by atoms with Crippen molar-refractivity contribution in [3.8, 4) is 17.2 Å². The number of aromatic nitrogens is 2. The van der Waals surface area contributed by atoms with Gasteiger partial charge in [0.25, 0.3) is 11.5 Å². The van der Waals surface area contributed by atoms with E-state index >= 15 is 0 Å². The molecule has 0 unspecified atom stereocenters. The van der Waals surface area contributed by atoms with Crippen molar-refractivity contribution in [1.82, 2.24) is 14.5 Å². The standard InChI is InChI=1S/C28H20BrN3O6S2/c1-37-22-11-16(12-23-27(36)31(14-25(33)34)28(39)40-23)9-10-21(22)38-15-24-30-20-8-3-2-7-19(20)26(35)32(24)18-6-4-5-17(29)13-18/h2-13H,14-15H2,1H3,(H,33,34)/b23-12+. The number of amides is 1. The topological polar surface area (TPSA) is 111 Å². The van der Waals surface area contributed by atoms with Gasteiger partial charge in [0, 0.05) is 4.47 Å². The molecule has 40 heavy (non-hydrogen) atoms. The van der Waals surface area contributed by atoms with E-state index in [4.69, 9.17) is 31.8 Å². The van der Waals surface area contributed by atoms with Gasteiger partial charge in [-0.05, 0) is 54.1 Å². The van der Waals surface area contributed by atoms with Crippen molar-refractivity contribution >= 4 is 73.1 Å². The van der Waals surface area contributed by atoms with Gasteiger partial charge >= 0.3 is 5.97 Å². The van der Waals surface area contributed by atoms with Gasteiger partial charge in [0.2, 0.25) is 0 Å². The van der Waals surface area contributed by atoms with Crippen LogP contribution in [0.2, 0.25) is 0 Å². The van der Waals surface area contributed by atoms with Crippen LogP contribution >= 0.6 is 39.9 Å². The normalized spacial score (nSPS) is 14.2. The number of fused-ring (bicyclic) bond motifs is 1. The summed E-state index contributed by atoms with van der Waals surface area (Å²) in [5.41, 5.74) is 1.61. The SMILES string of the molecule is COc1cc(/C=C2/SC(=S)N(CC(=O)O)C2=O)ccc1OCc1nc2ccccc2c(=O)n1-c1cccc(Br)c1. The van der Waals surface area contributed by atoms with Crippen LogP contribution in [0.1, 0.15) is 11.4 Å². The predicted molar refractivity (Wildman–Crippen MR) is 160 cm³/mol. The number of hydrogen-bond acceptors (Lipinski definition) is 8. The average Bonchev–Trinajstić information content (AvgIpc) is 3.19. The second-order valence-electron chi connectivity index (χ2n) is 8.53. The second-order valence-corrected chi connectivity index (χ2v) is 11.1. The van der Waals surface area contributed by atoms with E-state index in [1.807, 2.05) is 30.3 Å². The predicted octanol–water partition coefficient (Wildman–Crippen LogP) is 5.02. The van der Waals surface area contributed by atoms with Crippen LogP contribution in [0.3, 0.4) is 0 Å². The first kappa shape index (κ1) is 27.6. The van der Waals surface area contributed by atoms with Gasteiger partial charge in [-0.1, -0.05) is 64.2 Å². The third kappa shape index (κ3) is 5.64. The van der Waals surface area contributed by atoms with E-state index in [2.05, 4.69) is 15.9 Å². The lowest BCUT2D eigenvalue weighted by Crippen LogP contribution is -2.33. The van der Waals surface area contributed by atoms with Crippen LogP contribution in [0, 0.1) is 0 Å². The van der Waals surface area contributed by atoms with Gasteiger partial charge in [-0.2, -0.15) is 0 Å². The highest BCUT2D eigenvalue weighted by Gasteiger charge is 2.33. The molecule has 0 atom stereocenters. The molecule has 3 aromatic carbocycles. The van der Waals surface area contributed by atoms with E-state index in [-0.39, 0.29) is 16.5 Å². The van der Waals surface area contributed by atoms with E-state index < -0.39 is 18.4 Å². The minimum absolute atomic E-state index is 0.0316. The number of thiocarbonyl (C=S) groups is 1. The van der Waals surface area contributed by atoms with E-state index in [1.165, 1.54) is 11.7 Å². The number of carbonyl (C=O) groups excluding carboxylic acids is 1. The zero-order valence-corrected chi connectivity index (χ0v) is 24.1. The third-order valence-electron chi connectivity index (χ3n) is 5.92. The van der Waals surface area contributed by atoms with Crippen molar-refractivity contribution in [2.75, 3.05) is 13.7 Å². The molecule has 0 spiro atoms. The van der Waals surface area contributed by atoms with Crippen molar-refractivity contribution < 1.29 is 24.2 Å². The molecule has 4 aromatic rings. The quantitative estimate of drug-likeness (QED) is 0.210. The van der Waals surface area contributed by atoms with Crippen LogP contribution in [-0.2, 0) is 16.2 Å². The number of para-hydroxylation sites is 1. The van der Waals surface area contributed by atoms with Crippen molar-refractivity contribution in [1.29, 1.82) is 0 Å². The molecule has 1 N–H and O–H groups in total. The Labute approximate surface area is 246 Å². The number of hydrogen-bond donors (Lipinski definition) is 1. The minimum atomic E-state index is -1.15. The molecule has 0 radical (unpaired) electrons. The highest BCUT2D eigenvalue weighted by atomic mass is 79.9. The number of nitrogens with zero attached hydrogens (tertiary/aromatic N) is 3. The van der Waals surface area contributed by atoms with Crippen molar-refractivity contribution in [3.63, 3.8) is 0 Å². The molecule has 5 rings (SSSR count). The molecule has 1 aromatic heterocycles. The minimum Gasteiger partial charge on any atom is -0.493 e. The van der Waals surface area contributed by atoms with Crippen LogP contribution in [0.5, 0.6) is 11.5 Å². The van der Waals surface area contributed by atoms with Crippen LogP contribution in [0.25, 0.3) is 22.7 Å². The molecule has 1 fully saturated rings.